The Morgan fingerprint density at radius 3 is 2.74 bits per heavy atom. The smallest absolute Gasteiger partial charge is 0.319 e. The van der Waals surface area contributed by atoms with Crippen LogP contribution in [0, 0.1) is 12.7 Å². The molecule has 0 unspecified atom stereocenters. The predicted octanol–water partition coefficient (Wildman–Crippen LogP) is 2.88. The lowest BCUT2D eigenvalue weighted by atomic mass is 10.2. The highest BCUT2D eigenvalue weighted by Gasteiger charge is 2.08. The van der Waals surface area contributed by atoms with Crippen LogP contribution in [0.5, 0.6) is 0 Å². The van der Waals surface area contributed by atoms with Crippen LogP contribution >= 0.6 is 15.9 Å². The van der Waals surface area contributed by atoms with Gasteiger partial charge in [0.15, 0.2) is 0 Å². The van der Waals surface area contributed by atoms with Gasteiger partial charge in [-0.3, -0.25) is 4.79 Å². The van der Waals surface area contributed by atoms with Crippen LogP contribution < -0.4 is 10.6 Å². The van der Waals surface area contributed by atoms with E-state index >= 15 is 0 Å². The zero-order valence-corrected chi connectivity index (χ0v) is 11.9. The number of anilines is 1. The molecule has 5 nitrogen and oxygen atoms in total. The van der Waals surface area contributed by atoms with Crippen molar-refractivity contribution in [2.45, 2.75) is 19.8 Å². The molecular formula is C12H14BrFN2O3. The molecule has 0 atom stereocenters. The summed E-state index contributed by atoms with van der Waals surface area (Å²) in [7, 11) is 0. The Balaban J connectivity index is 2.48. The number of carbonyl (C=O) groups is 2. The zero-order chi connectivity index (χ0) is 14.4. The molecule has 0 saturated heterocycles. The molecule has 0 spiro atoms. The molecule has 0 aromatic heterocycles. The van der Waals surface area contributed by atoms with Crippen LogP contribution in [-0.2, 0) is 4.79 Å². The molecule has 0 fully saturated rings. The molecule has 1 aromatic carbocycles. The number of halogens is 2. The predicted molar refractivity (Wildman–Crippen MR) is 72.7 cm³/mol. The average molecular weight is 333 g/mol. The molecule has 0 radical (unpaired) electrons. The summed E-state index contributed by atoms with van der Waals surface area (Å²) in [5, 5.41) is 13.5. The molecule has 0 saturated carbocycles. The van der Waals surface area contributed by atoms with Gasteiger partial charge in [0.2, 0.25) is 0 Å². The molecule has 1 rings (SSSR count). The number of amides is 2. The second kappa shape index (κ2) is 7.08. The number of rotatable bonds is 5. The molecule has 7 heteroatoms. The molecule has 104 valence electrons. The van der Waals surface area contributed by atoms with Crippen molar-refractivity contribution in [3.63, 3.8) is 0 Å². The molecule has 3 N–H and O–H groups in total. The Morgan fingerprint density at radius 1 is 1.42 bits per heavy atom. The molecule has 2 amide bonds. The minimum absolute atomic E-state index is 0.00139. The summed E-state index contributed by atoms with van der Waals surface area (Å²) in [6.07, 6.45) is 0.357. The number of aliphatic carboxylic acids is 1. The Labute approximate surface area is 118 Å². The van der Waals surface area contributed by atoms with Gasteiger partial charge in [0.25, 0.3) is 0 Å². The average Bonchev–Trinajstić information content (AvgIpc) is 2.31. The quantitative estimate of drug-likeness (QED) is 0.725. The number of carboxylic acid groups (broad SMARTS) is 1. The SMILES string of the molecule is Cc1cc(F)c(Br)cc1NC(=O)NCCCC(=O)O. The van der Waals surface area contributed by atoms with Crippen LogP contribution in [0.15, 0.2) is 16.6 Å². The van der Waals surface area contributed by atoms with Crippen LogP contribution in [0.2, 0.25) is 0 Å². The first kappa shape index (κ1) is 15.4. The minimum atomic E-state index is -0.902. The van der Waals surface area contributed by atoms with Gasteiger partial charge >= 0.3 is 12.0 Å². The Hall–Kier alpha value is -1.63. The third-order valence-corrected chi connectivity index (χ3v) is 2.98. The fraction of sp³-hybridized carbons (Fsp3) is 0.333. The Kier molecular flexibility index (Phi) is 5.75. The Bertz CT molecular complexity index is 494. The van der Waals surface area contributed by atoms with E-state index in [-0.39, 0.29) is 17.4 Å². The molecule has 0 heterocycles. The van der Waals surface area contributed by atoms with Crippen molar-refractivity contribution < 1.29 is 19.1 Å². The topological polar surface area (TPSA) is 78.4 Å². The maximum atomic E-state index is 13.2. The number of hydrogen-bond acceptors (Lipinski definition) is 2. The first-order chi connectivity index (χ1) is 8.90. The molecule has 0 aliphatic carbocycles. The van der Waals surface area contributed by atoms with E-state index in [2.05, 4.69) is 26.6 Å². The lowest BCUT2D eigenvalue weighted by Crippen LogP contribution is -2.30. The van der Waals surface area contributed by atoms with Gasteiger partial charge in [0, 0.05) is 18.7 Å². The van der Waals surface area contributed by atoms with E-state index in [1.165, 1.54) is 12.1 Å². The van der Waals surface area contributed by atoms with E-state index in [9.17, 15) is 14.0 Å². The second-order valence-electron chi connectivity index (χ2n) is 3.96. The van der Waals surface area contributed by atoms with Crippen molar-refractivity contribution in [3.8, 4) is 0 Å². The highest BCUT2D eigenvalue weighted by atomic mass is 79.9. The largest absolute Gasteiger partial charge is 0.481 e. The molecule has 19 heavy (non-hydrogen) atoms. The van der Waals surface area contributed by atoms with Crippen LogP contribution in [0.3, 0.4) is 0 Å². The molecule has 0 aliphatic rings. The van der Waals surface area contributed by atoms with E-state index in [0.29, 0.717) is 17.7 Å². The number of hydrogen-bond donors (Lipinski definition) is 3. The summed E-state index contributed by atoms with van der Waals surface area (Å²) in [5.41, 5.74) is 1.09. The van der Waals surface area contributed by atoms with Gasteiger partial charge in [-0.15, -0.1) is 0 Å². The van der Waals surface area contributed by atoms with Gasteiger partial charge in [-0.05, 0) is 47.0 Å². The van der Waals surface area contributed by atoms with Gasteiger partial charge in [-0.25, -0.2) is 9.18 Å². The maximum absolute atomic E-state index is 13.2. The highest BCUT2D eigenvalue weighted by molar-refractivity contribution is 9.10. The maximum Gasteiger partial charge on any atom is 0.319 e. The van der Waals surface area contributed by atoms with Crippen molar-refractivity contribution in [1.82, 2.24) is 5.32 Å². The number of nitrogens with one attached hydrogen (secondary N) is 2. The molecule has 0 bridgehead atoms. The van der Waals surface area contributed by atoms with E-state index in [1.54, 1.807) is 6.92 Å². The van der Waals surface area contributed by atoms with Crippen molar-refractivity contribution in [3.05, 3.63) is 28.0 Å². The summed E-state index contributed by atoms with van der Waals surface area (Å²) in [6, 6.07) is 2.33. The lowest BCUT2D eigenvalue weighted by molar-refractivity contribution is -0.137. The van der Waals surface area contributed by atoms with Crippen molar-refractivity contribution >= 4 is 33.6 Å². The third kappa shape index (κ3) is 5.25. The number of carboxylic acids is 1. The van der Waals surface area contributed by atoms with E-state index in [4.69, 9.17) is 5.11 Å². The van der Waals surface area contributed by atoms with Crippen LogP contribution in [0.4, 0.5) is 14.9 Å². The van der Waals surface area contributed by atoms with Gasteiger partial charge in [-0.1, -0.05) is 0 Å². The first-order valence-electron chi connectivity index (χ1n) is 5.62. The summed E-state index contributed by atoms with van der Waals surface area (Å²) < 4.78 is 13.5. The second-order valence-corrected chi connectivity index (χ2v) is 4.81. The van der Waals surface area contributed by atoms with E-state index in [1.807, 2.05) is 0 Å². The van der Waals surface area contributed by atoms with Gasteiger partial charge in [0.1, 0.15) is 5.82 Å². The molecular weight excluding hydrogens is 319 g/mol. The van der Waals surface area contributed by atoms with Crippen molar-refractivity contribution in [2.75, 3.05) is 11.9 Å². The van der Waals surface area contributed by atoms with Gasteiger partial charge in [0.05, 0.1) is 4.47 Å². The van der Waals surface area contributed by atoms with Crippen LogP contribution in [0.25, 0.3) is 0 Å². The van der Waals surface area contributed by atoms with Crippen molar-refractivity contribution in [2.24, 2.45) is 0 Å². The lowest BCUT2D eigenvalue weighted by Gasteiger charge is -2.10. The summed E-state index contributed by atoms with van der Waals surface area (Å²) in [4.78, 5) is 21.8. The summed E-state index contributed by atoms with van der Waals surface area (Å²) in [6.45, 7) is 1.94. The minimum Gasteiger partial charge on any atom is -0.481 e. The van der Waals surface area contributed by atoms with E-state index in [0.717, 1.165) is 0 Å². The van der Waals surface area contributed by atoms with Crippen LogP contribution in [0.1, 0.15) is 18.4 Å². The fourth-order valence-corrected chi connectivity index (χ4v) is 1.73. The fourth-order valence-electron chi connectivity index (χ4n) is 1.39. The number of aryl methyl sites for hydroxylation is 1. The third-order valence-electron chi connectivity index (χ3n) is 2.37. The van der Waals surface area contributed by atoms with Crippen molar-refractivity contribution in [1.29, 1.82) is 0 Å². The Morgan fingerprint density at radius 2 is 2.11 bits per heavy atom. The standard InChI is InChI=1S/C12H14BrFN2O3/c1-7-5-9(14)8(13)6-10(7)16-12(19)15-4-2-3-11(17)18/h5-6H,2-4H2,1H3,(H,17,18)(H2,15,16,19). The van der Waals surface area contributed by atoms with E-state index < -0.39 is 17.8 Å². The summed E-state index contributed by atoms with van der Waals surface area (Å²) in [5.74, 6) is -1.30. The highest BCUT2D eigenvalue weighted by Crippen LogP contribution is 2.24. The van der Waals surface area contributed by atoms with Gasteiger partial charge < -0.3 is 15.7 Å². The number of urea groups is 1. The molecule has 0 aliphatic heterocycles. The number of benzene rings is 1. The van der Waals surface area contributed by atoms with Crippen LogP contribution in [-0.4, -0.2) is 23.7 Å². The number of carbonyl (C=O) groups excluding carboxylic acids is 1. The molecule has 1 aromatic rings. The first-order valence-corrected chi connectivity index (χ1v) is 6.41. The zero-order valence-electron chi connectivity index (χ0n) is 10.3. The normalized spacial score (nSPS) is 10.1. The van der Waals surface area contributed by atoms with Gasteiger partial charge in [-0.2, -0.15) is 0 Å². The monoisotopic (exact) mass is 332 g/mol. The summed E-state index contributed by atoms with van der Waals surface area (Å²) >= 11 is 3.04.